The first kappa shape index (κ1) is 13.9. The van der Waals surface area contributed by atoms with E-state index in [1.807, 2.05) is 0 Å². The molecule has 0 aromatic heterocycles. The van der Waals surface area contributed by atoms with Crippen LogP contribution in [0.4, 0.5) is 8.78 Å². The predicted octanol–water partition coefficient (Wildman–Crippen LogP) is 3.29. The van der Waals surface area contributed by atoms with Crippen molar-refractivity contribution < 1.29 is 13.6 Å². The molecule has 4 heteroatoms. The van der Waals surface area contributed by atoms with Gasteiger partial charge in [-0.25, -0.2) is 8.78 Å². The third kappa shape index (κ3) is 4.02. The van der Waals surface area contributed by atoms with E-state index in [0.29, 0.717) is 11.1 Å². The molecule has 0 spiro atoms. The molecular weight excluding hydrogens is 260 g/mol. The standard InChI is InChI=1S/C16H13F2NO/c17-14-6-3-4-12(10-14)8-9-16(20)19-11-13-5-1-2-7-15(13)18/h1-10H,11H2,(H,19,20)/b9-8+. The van der Waals surface area contributed by atoms with Crippen LogP contribution in [0.2, 0.25) is 0 Å². The third-order valence-corrected chi connectivity index (χ3v) is 2.69. The Morgan fingerprint density at radius 3 is 2.65 bits per heavy atom. The maximum atomic E-state index is 13.3. The monoisotopic (exact) mass is 273 g/mol. The lowest BCUT2D eigenvalue weighted by Gasteiger charge is -2.03. The summed E-state index contributed by atoms with van der Waals surface area (Å²) < 4.78 is 26.3. The Kier molecular flexibility index (Phi) is 4.60. The number of hydrogen-bond donors (Lipinski definition) is 1. The molecule has 20 heavy (non-hydrogen) atoms. The highest BCUT2D eigenvalue weighted by Crippen LogP contribution is 2.06. The van der Waals surface area contributed by atoms with Crippen LogP contribution in [-0.4, -0.2) is 5.91 Å². The van der Waals surface area contributed by atoms with Crippen LogP contribution in [0.25, 0.3) is 6.08 Å². The Labute approximate surface area is 115 Å². The third-order valence-electron chi connectivity index (χ3n) is 2.69. The number of halogens is 2. The molecule has 0 atom stereocenters. The highest BCUT2D eigenvalue weighted by Gasteiger charge is 2.01. The van der Waals surface area contributed by atoms with Crippen LogP contribution in [0.5, 0.6) is 0 Å². The zero-order valence-electron chi connectivity index (χ0n) is 10.6. The fourth-order valence-electron chi connectivity index (χ4n) is 1.67. The lowest BCUT2D eigenvalue weighted by atomic mass is 10.2. The first-order valence-electron chi connectivity index (χ1n) is 6.10. The quantitative estimate of drug-likeness (QED) is 0.851. The van der Waals surface area contributed by atoms with Gasteiger partial charge in [0.15, 0.2) is 0 Å². The van der Waals surface area contributed by atoms with E-state index in [1.165, 1.54) is 30.4 Å². The minimum atomic E-state index is -0.363. The van der Waals surface area contributed by atoms with Gasteiger partial charge in [0.25, 0.3) is 0 Å². The fourth-order valence-corrected chi connectivity index (χ4v) is 1.67. The molecule has 2 rings (SSSR count). The zero-order chi connectivity index (χ0) is 14.4. The summed E-state index contributed by atoms with van der Waals surface area (Å²) in [7, 11) is 0. The number of carbonyl (C=O) groups is 1. The SMILES string of the molecule is O=C(/C=C/c1cccc(F)c1)NCc1ccccc1F. The first-order chi connectivity index (χ1) is 9.65. The number of hydrogen-bond acceptors (Lipinski definition) is 1. The number of carbonyl (C=O) groups excluding carboxylic acids is 1. The van der Waals surface area contributed by atoms with E-state index in [0.717, 1.165) is 0 Å². The van der Waals surface area contributed by atoms with E-state index < -0.39 is 0 Å². The second-order valence-electron chi connectivity index (χ2n) is 4.20. The summed E-state index contributed by atoms with van der Waals surface area (Å²) in [6, 6.07) is 12.1. The maximum absolute atomic E-state index is 13.3. The molecule has 0 saturated carbocycles. The van der Waals surface area contributed by atoms with Gasteiger partial charge in [-0.15, -0.1) is 0 Å². The van der Waals surface area contributed by atoms with Crippen molar-refractivity contribution in [3.8, 4) is 0 Å². The van der Waals surface area contributed by atoms with Crippen molar-refractivity contribution in [2.75, 3.05) is 0 Å². The topological polar surface area (TPSA) is 29.1 Å². The van der Waals surface area contributed by atoms with Crippen molar-refractivity contribution in [3.63, 3.8) is 0 Å². The summed E-state index contributed by atoms with van der Waals surface area (Å²) >= 11 is 0. The van der Waals surface area contributed by atoms with Crippen LogP contribution >= 0.6 is 0 Å². The molecule has 0 bridgehead atoms. The van der Waals surface area contributed by atoms with Crippen molar-refractivity contribution in [1.82, 2.24) is 5.32 Å². The van der Waals surface area contributed by atoms with E-state index >= 15 is 0 Å². The number of amides is 1. The van der Waals surface area contributed by atoms with E-state index in [2.05, 4.69) is 5.32 Å². The van der Waals surface area contributed by atoms with Crippen LogP contribution in [0.1, 0.15) is 11.1 Å². The molecule has 102 valence electrons. The molecule has 1 amide bonds. The molecule has 0 aliphatic carbocycles. The van der Waals surface area contributed by atoms with Crippen LogP contribution in [0.15, 0.2) is 54.6 Å². The molecule has 0 saturated heterocycles. The molecule has 0 aliphatic heterocycles. The van der Waals surface area contributed by atoms with Gasteiger partial charge in [-0.3, -0.25) is 4.79 Å². The van der Waals surface area contributed by atoms with E-state index in [-0.39, 0.29) is 24.1 Å². The van der Waals surface area contributed by atoms with Crippen molar-refractivity contribution in [2.45, 2.75) is 6.54 Å². The Morgan fingerprint density at radius 1 is 1.10 bits per heavy atom. The second kappa shape index (κ2) is 6.61. The highest BCUT2D eigenvalue weighted by molar-refractivity contribution is 5.91. The van der Waals surface area contributed by atoms with Crippen LogP contribution < -0.4 is 5.32 Å². The predicted molar refractivity (Wildman–Crippen MR) is 73.7 cm³/mol. The smallest absolute Gasteiger partial charge is 0.244 e. The summed E-state index contributed by atoms with van der Waals surface area (Å²) in [4.78, 5) is 11.6. The van der Waals surface area contributed by atoms with Gasteiger partial charge in [0, 0.05) is 18.2 Å². The maximum Gasteiger partial charge on any atom is 0.244 e. The first-order valence-corrected chi connectivity index (χ1v) is 6.10. The van der Waals surface area contributed by atoms with Crippen molar-refractivity contribution in [1.29, 1.82) is 0 Å². The fraction of sp³-hybridized carbons (Fsp3) is 0.0625. The van der Waals surface area contributed by atoms with Crippen LogP contribution in [0, 0.1) is 11.6 Å². The molecule has 0 heterocycles. The van der Waals surface area contributed by atoms with Gasteiger partial charge in [0.2, 0.25) is 5.91 Å². The molecular formula is C16H13F2NO. The number of nitrogens with one attached hydrogen (secondary N) is 1. The van der Waals surface area contributed by atoms with Crippen molar-refractivity contribution >= 4 is 12.0 Å². The van der Waals surface area contributed by atoms with Crippen LogP contribution in [-0.2, 0) is 11.3 Å². The normalized spacial score (nSPS) is 10.7. The molecule has 2 aromatic carbocycles. The summed E-state index contributed by atoms with van der Waals surface area (Å²) in [6.07, 6.45) is 2.79. The Balaban J connectivity index is 1.91. The molecule has 0 unspecified atom stereocenters. The molecule has 0 fully saturated rings. The molecule has 0 radical (unpaired) electrons. The molecule has 2 aromatic rings. The Morgan fingerprint density at radius 2 is 1.90 bits per heavy atom. The summed E-state index contributed by atoms with van der Waals surface area (Å²) in [6.45, 7) is 0.110. The lowest BCUT2D eigenvalue weighted by Crippen LogP contribution is -2.20. The summed E-state index contributed by atoms with van der Waals surface area (Å²) in [5.41, 5.74) is 1.01. The largest absolute Gasteiger partial charge is 0.348 e. The van der Waals surface area contributed by atoms with Gasteiger partial charge in [0.1, 0.15) is 11.6 Å². The van der Waals surface area contributed by atoms with E-state index in [1.54, 1.807) is 30.3 Å². The Bertz CT molecular complexity index is 638. The van der Waals surface area contributed by atoms with Gasteiger partial charge < -0.3 is 5.32 Å². The number of benzene rings is 2. The van der Waals surface area contributed by atoms with Gasteiger partial charge in [-0.05, 0) is 29.8 Å². The van der Waals surface area contributed by atoms with Crippen molar-refractivity contribution in [3.05, 3.63) is 77.4 Å². The summed E-state index contributed by atoms with van der Waals surface area (Å²) in [5, 5.41) is 2.57. The van der Waals surface area contributed by atoms with Crippen LogP contribution in [0.3, 0.4) is 0 Å². The minimum Gasteiger partial charge on any atom is -0.348 e. The summed E-state index contributed by atoms with van der Waals surface area (Å²) in [5.74, 6) is -1.08. The van der Waals surface area contributed by atoms with Gasteiger partial charge in [0.05, 0.1) is 0 Å². The Hall–Kier alpha value is -2.49. The lowest BCUT2D eigenvalue weighted by molar-refractivity contribution is -0.116. The zero-order valence-corrected chi connectivity index (χ0v) is 10.6. The average Bonchev–Trinajstić information content (AvgIpc) is 2.44. The molecule has 2 nitrogen and oxygen atoms in total. The minimum absolute atomic E-state index is 0.110. The second-order valence-corrected chi connectivity index (χ2v) is 4.20. The van der Waals surface area contributed by atoms with Gasteiger partial charge >= 0.3 is 0 Å². The highest BCUT2D eigenvalue weighted by atomic mass is 19.1. The molecule has 0 aliphatic rings. The number of rotatable bonds is 4. The van der Waals surface area contributed by atoms with E-state index in [9.17, 15) is 13.6 Å². The van der Waals surface area contributed by atoms with E-state index in [4.69, 9.17) is 0 Å². The van der Waals surface area contributed by atoms with Gasteiger partial charge in [-0.2, -0.15) is 0 Å². The average molecular weight is 273 g/mol. The van der Waals surface area contributed by atoms with Gasteiger partial charge in [-0.1, -0.05) is 30.3 Å². The van der Waals surface area contributed by atoms with Crippen molar-refractivity contribution in [2.24, 2.45) is 0 Å². The molecule has 1 N–H and O–H groups in total.